The molecule has 0 saturated heterocycles. The summed E-state index contributed by atoms with van der Waals surface area (Å²) in [4.78, 5) is 18.0. The summed E-state index contributed by atoms with van der Waals surface area (Å²) < 4.78 is 0. The molecule has 22 heavy (non-hydrogen) atoms. The molecule has 1 unspecified atom stereocenters. The lowest BCUT2D eigenvalue weighted by molar-refractivity contribution is 0.0950. The van der Waals surface area contributed by atoms with Crippen LogP contribution in [0.15, 0.2) is 41.4 Å². The van der Waals surface area contributed by atoms with E-state index in [1.54, 1.807) is 18.0 Å². The van der Waals surface area contributed by atoms with Crippen molar-refractivity contribution in [3.8, 4) is 11.3 Å². The highest BCUT2D eigenvalue weighted by Gasteiger charge is 2.27. The zero-order valence-corrected chi connectivity index (χ0v) is 13.4. The zero-order valence-electron chi connectivity index (χ0n) is 12.6. The van der Waals surface area contributed by atoms with Gasteiger partial charge in [-0.2, -0.15) is 0 Å². The molecule has 2 aromatic rings. The molecule has 114 valence electrons. The third-order valence-corrected chi connectivity index (χ3v) is 4.97. The first kappa shape index (κ1) is 15.3. The van der Waals surface area contributed by atoms with Crippen LogP contribution in [0.1, 0.15) is 29.3 Å². The van der Waals surface area contributed by atoms with E-state index in [9.17, 15) is 4.79 Å². The molecule has 1 aliphatic carbocycles. The van der Waals surface area contributed by atoms with Gasteiger partial charge in [0.05, 0.1) is 12.3 Å². The minimum atomic E-state index is 0.117. The van der Waals surface area contributed by atoms with Gasteiger partial charge in [0.25, 0.3) is 0 Å². The van der Waals surface area contributed by atoms with Crippen LogP contribution in [0.4, 0.5) is 0 Å². The molecule has 0 spiro atoms. The third kappa shape index (κ3) is 2.94. The fourth-order valence-corrected chi connectivity index (χ4v) is 3.88. The molecule has 1 N–H and O–H groups in total. The van der Waals surface area contributed by atoms with Crippen molar-refractivity contribution in [2.45, 2.75) is 24.7 Å². The third-order valence-electron chi connectivity index (χ3n) is 3.93. The summed E-state index contributed by atoms with van der Waals surface area (Å²) in [5.41, 5.74) is 3.94. The van der Waals surface area contributed by atoms with Crippen molar-refractivity contribution in [2.75, 3.05) is 12.4 Å². The number of aromatic nitrogens is 1. The first-order chi connectivity index (χ1) is 10.7. The lowest BCUT2D eigenvalue weighted by Gasteiger charge is -2.25. The van der Waals surface area contributed by atoms with Crippen LogP contribution in [0.25, 0.3) is 11.3 Å². The van der Waals surface area contributed by atoms with E-state index in [4.69, 9.17) is 5.11 Å². The average Bonchev–Trinajstić information content (AvgIpc) is 2.53. The average molecular weight is 313 g/mol. The van der Waals surface area contributed by atoms with Gasteiger partial charge >= 0.3 is 0 Å². The van der Waals surface area contributed by atoms with Crippen molar-refractivity contribution in [1.82, 2.24) is 4.98 Å². The predicted molar refractivity (Wildman–Crippen MR) is 89.3 cm³/mol. The fraction of sp³-hybridized carbons (Fsp3) is 0.333. The lowest BCUT2D eigenvalue weighted by atomic mass is 9.81. The number of carbonyl (C=O) groups is 1. The van der Waals surface area contributed by atoms with Crippen LogP contribution in [0.5, 0.6) is 0 Å². The zero-order chi connectivity index (χ0) is 15.5. The number of hydrogen-bond donors (Lipinski definition) is 1. The molecule has 0 radical (unpaired) electrons. The van der Waals surface area contributed by atoms with Gasteiger partial charge in [0.15, 0.2) is 5.78 Å². The number of aliphatic hydroxyl groups is 1. The Labute approximate surface area is 134 Å². The van der Waals surface area contributed by atoms with Crippen LogP contribution in [0.3, 0.4) is 0 Å². The fourth-order valence-electron chi connectivity index (χ4n) is 3.02. The summed E-state index contributed by atoms with van der Waals surface area (Å²) in [6, 6.07) is 9.91. The molecule has 1 aromatic heterocycles. The molecular weight excluding hydrogens is 294 g/mol. The van der Waals surface area contributed by atoms with Crippen LogP contribution >= 0.6 is 11.8 Å². The maximum absolute atomic E-state index is 12.6. The number of hydrogen-bond acceptors (Lipinski definition) is 4. The summed E-state index contributed by atoms with van der Waals surface area (Å²) in [6.45, 7) is 2.24. The van der Waals surface area contributed by atoms with Crippen LogP contribution in [0, 0.1) is 5.92 Å². The molecule has 1 aromatic carbocycles. The number of fused-ring (bicyclic) bond motifs is 1. The summed E-state index contributed by atoms with van der Waals surface area (Å²) in [6.07, 6.45) is 3.29. The van der Waals surface area contributed by atoms with Crippen molar-refractivity contribution in [3.63, 3.8) is 0 Å². The molecule has 1 heterocycles. The van der Waals surface area contributed by atoms with Gasteiger partial charge in [-0.05, 0) is 36.1 Å². The summed E-state index contributed by atoms with van der Waals surface area (Å²) >= 11 is 1.55. The van der Waals surface area contributed by atoms with Gasteiger partial charge in [0, 0.05) is 34.4 Å². The van der Waals surface area contributed by atoms with Gasteiger partial charge in [-0.15, -0.1) is 11.8 Å². The monoisotopic (exact) mass is 313 g/mol. The number of thioether (sulfide) groups is 1. The second-order valence-electron chi connectivity index (χ2n) is 5.69. The molecule has 0 fully saturated rings. The van der Waals surface area contributed by atoms with E-state index in [1.807, 2.05) is 24.3 Å². The van der Waals surface area contributed by atoms with Crippen molar-refractivity contribution in [3.05, 3.63) is 47.7 Å². The minimum absolute atomic E-state index is 0.117. The SMILES string of the molecule is CC1CC(=O)c2c(SCCO)ccc(-c3ccccn3)c2C1. The minimum Gasteiger partial charge on any atom is -0.396 e. The molecule has 0 bridgehead atoms. The highest BCUT2D eigenvalue weighted by atomic mass is 32.2. The van der Waals surface area contributed by atoms with Crippen LogP contribution < -0.4 is 0 Å². The molecule has 1 atom stereocenters. The Balaban J connectivity index is 2.14. The van der Waals surface area contributed by atoms with E-state index >= 15 is 0 Å². The second kappa shape index (κ2) is 6.63. The van der Waals surface area contributed by atoms with Crippen LogP contribution in [0.2, 0.25) is 0 Å². The topological polar surface area (TPSA) is 50.2 Å². The number of ketones is 1. The standard InChI is InChI=1S/C18H19NO2S/c1-12-10-14-13(15-4-2-3-7-19-15)5-6-17(22-9-8-20)18(14)16(21)11-12/h2-7,12,20H,8-11H2,1H3. The van der Waals surface area contributed by atoms with E-state index in [-0.39, 0.29) is 12.4 Å². The number of benzene rings is 1. The number of aliphatic hydroxyl groups excluding tert-OH is 1. The lowest BCUT2D eigenvalue weighted by Crippen LogP contribution is -2.20. The Bertz CT molecular complexity index is 685. The van der Waals surface area contributed by atoms with Crippen molar-refractivity contribution >= 4 is 17.5 Å². The number of carbonyl (C=O) groups excluding carboxylic acids is 1. The van der Waals surface area contributed by atoms with Gasteiger partial charge < -0.3 is 5.11 Å². The molecule has 4 heteroatoms. The first-order valence-electron chi connectivity index (χ1n) is 7.55. The normalized spacial score (nSPS) is 17.4. The van der Waals surface area contributed by atoms with E-state index in [0.29, 0.717) is 18.1 Å². The Hall–Kier alpha value is -1.65. The van der Waals surface area contributed by atoms with Crippen LogP contribution in [-0.4, -0.2) is 28.2 Å². The summed E-state index contributed by atoms with van der Waals surface area (Å²) in [7, 11) is 0. The molecule has 3 rings (SSSR count). The van der Waals surface area contributed by atoms with Gasteiger partial charge in [0.1, 0.15) is 0 Å². The van der Waals surface area contributed by atoms with E-state index in [0.717, 1.165) is 33.7 Å². The second-order valence-corrected chi connectivity index (χ2v) is 6.83. The maximum atomic E-state index is 12.6. The number of nitrogens with zero attached hydrogens (tertiary/aromatic N) is 1. The van der Waals surface area contributed by atoms with E-state index in [2.05, 4.69) is 18.0 Å². The molecule has 1 aliphatic rings. The maximum Gasteiger partial charge on any atom is 0.164 e. The van der Waals surface area contributed by atoms with Gasteiger partial charge in [0.2, 0.25) is 0 Å². The first-order valence-corrected chi connectivity index (χ1v) is 8.53. The van der Waals surface area contributed by atoms with Gasteiger partial charge in [-0.3, -0.25) is 9.78 Å². The number of pyridine rings is 1. The molecule has 0 aliphatic heterocycles. The summed E-state index contributed by atoms with van der Waals surface area (Å²) in [5, 5.41) is 9.06. The largest absolute Gasteiger partial charge is 0.396 e. The van der Waals surface area contributed by atoms with Crippen molar-refractivity contribution in [1.29, 1.82) is 0 Å². The quantitative estimate of drug-likeness (QED) is 0.876. The van der Waals surface area contributed by atoms with E-state index < -0.39 is 0 Å². The number of Topliss-reactive ketones (excluding diaryl/α,β-unsaturated/α-hetero) is 1. The Kier molecular flexibility index (Phi) is 4.60. The molecular formula is C18H19NO2S. The van der Waals surface area contributed by atoms with E-state index in [1.165, 1.54) is 0 Å². The molecule has 0 amide bonds. The predicted octanol–water partition coefficient (Wildman–Crippen LogP) is 3.60. The number of rotatable bonds is 4. The van der Waals surface area contributed by atoms with Gasteiger partial charge in [-0.1, -0.05) is 19.1 Å². The highest BCUT2D eigenvalue weighted by Crippen LogP contribution is 2.38. The smallest absolute Gasteiger partial charge is 0.164 e. The Morgan fingerprint density at radius 3 is 2.86 bits per heavy atom. The summed E-state index contributed by atoms with van der Waals surface area (Å²) in [5.74, 6) is 1.19. The Morgan fingerprint density at radius 1 is 1.27 bits per heavy atom. The van der Waals surface area contributed by atoms with Crippen molar-refractivity contribution in [2.24, 2.45) is 5.92 Å². The highest BCUT2D eigenvalue weighted by molar-refractivity contribution is 7.99. The molecule has 0 saturated carbocycles. The van der Waals surface area contributed by atoms with Crippen LogP contribution in [-0.2, 0) is 6.42 Å². The molecule has 3 nitrogen and oxygen atoms in total. The Morgan fingerprint density at radius 2 is 2.14 bits per heavy atom. The van der Waals surface area contributed by atoms with Crippen molar-refractivity contribution < 1.29 is 9.90 Å². The van der Waals surface area contributed by atoms with Gasteiger partial charge in [-0.25, -0.2) is 0 Å².